The Morgan fingerprint density at radius 1 is 1.41 bits per heavy atom. The lowest BCUT2D eigenvalue weighted by Crippen LogP contribution is -2.40. The molecule has 0 saturated carbocycles. The van der Waals surface area contributed by atoms with E-state index < -0.39 is 0 Å². The van der Waals surface area contributed by atoms with Crippen LogP contribution in [0.25, 0.3) is 10.1 Å². The van der Waals surface area contributed by atoms with E-state index in [0.29, 0.717) is 12.6 Å². The van der Waals surface area contributed by atoms with Gasteiger partial charge in [-0.05, 0) is 31.9 Å². The molecule has 3 rings (SSSR count). The van der Waals surface area contributed by atoms with Gasteiger partial charge in [-0.2, -0.15) is 0 Å². The molecule has 0 aliphatic carbocycles. The first kappa shape index (κ1) is 15.5. The van der Waals surface area contributed by atoms with Crippen LogP contribution in [0.15, 0.2) is 29.6 Å². The third-order valence-corrected chi connectivity index (χ3v) is 5.29. The highest BCUT2D eigenvalue weighted by Gasteiger charge is 2.24. The van der Waals surface area contributed by atoms with Gasteiger partial charge in [-0.25, -0.2) is 0 Å². The number of nitrogens with zero attached hydrogens (tertiary/aromatic N) is 1. The second-order valence-corrected chi connectivity index (χ2v) is 6.68. The molecule has 2 aromatic rings. The van der Waals surface area contributed by atoms with Crippen LogP contribution >= 0.6 is 11.3 Å². The summed E-state index contributed by atoms with van der Waals surface area (Å²) in [5, 5.41) is 15.0. The van der Waals surface area contributed by atoms with Gasteiger partial charge in [0, 0.05) is 41.2 Å². The molecule has 1 unspecified atom stereocenters. The van der Waals surface area contributed by atoms with Gasteiger partial charge in [0.2, 0.25) is 0 Å². The molecule has 1 atom stereocenters. The van der Waals surface area contributed by atoms with Crippen LogP contribution in [0, 0.1) is 0 Å². The minimum atomic E-state index is 0.0199. The maximum absolute atomic E-state index is 12.4. The van der Waals surface area contributed by atoms with Crippen molar-refractivity contribution in [3.8, 4) is 0 Å². The monoisotopic (exact) mass is 318 g/mol. The summed E-state index contributed by atoms with van der Waals surface area (Å²) >= 11 is 1.61. The van der Waals surface area contributed by atoms with E-state index in [9.17, 15) is 4.79 Å². The Hall–Kier alpha value is -1.43. The fourth-order valence-corrected chi connectivity index (χ4v) is 4.09. The standard InChI is InChI=1S/C17H22N2O2S/c20-10-4-9-19-8-3-5-13(19)11-18-17(21)15-12-22-16-7-2-1-6-14(15)16/h1-2,6-7,12-13,20H,3-5,8-11H2,(H,18,21). The molecule has 0 bridgehead atoms. The molecule has 1 amide bonds. The van der Waals surface area contributed by atoms with Crippen molar-refractivity contribution < 1.29 is 9.90 Å². The van der Waals surface area contributed by atoms with Crippen LogP contribution in [-0.4, -0.2) is 48.2 Å². The molecule has 0 radical (unpaired) electrons. The molecular weight excluding hydrogens is 296 g/mol. The molecule has 118 valence electrons. The zero-order valence-corrected chi connectivity index (χ0v) is 13.4. The molecule has 2 N–H and O–H groups in total. The van der Waals surface area contributed by atoms with E-state index in [2.05, 4.69) is 10.2 Å². The smallest absolute Gasteiger partial charge is 0.252 e. The largest absolute Gasteiger partial charge is 0.396 e. The molecule has 1 aliphatic heterocycles. The molecule has 1 aromatic heterocycles. The molecule has 4 nitrogen and oxygen atoms in total. The van der Waals surface area contributed by atoms with Crippen LogP contribution in [0.3, 0.4) is 0 Å². The Morgan fingerprint density at radius 3 is 3.14 bits per heavy atom. The first-order valence-electron chi connectivity index (χ1n) is 7.89. The summed E-state index contributed by atoms with van der Waals surface area (Å²) in [6.45, 7) is 2.91. The average molecular weight is 318 g/mol. The lowest BCUT2D eigenvalue weighted by atomic mass is 10.1. The van der Waals surface area contributed by atoms with Crippen molar-refractivity contribution in [2.24, 2.45) is 0 Å². The minimum Gasteiger partial charge on any atom is -0.396 e. The topological polar surface area (TPSA) is 52.6 Å². The average Bonchev–Trinajstić information content (AvgIpc) is 3.17. The van der Waals surface area contributed by atoms with Crippen molar-refractivity contribution in [1.29, 1.82) is 0 Å². The third kappa shape index (κ3) is 3.32. The number of nitrogens with one attached hydrogen (secondary N) is 1. The van der Waals surface area contributed by atoms with Crippen LogP contribution in [-0.2, 0) is 0 Å². The fraction of sp³-hybridized carbons (Fsp3) is 0.471. The Bertz CT molecular complexity index is 640. The number of hydrogen-bond acceptors (Lipinski definition) is 4. The van der Waals surface area contributed by atoms with E-state index in [-0.39, 0.29) is 12.5 Å². The van der Waals surface area contributed by atoms with Gasteiger partial charge in [0.05, 0.1) is 5.56 Å². The molecule has 1 fully saturated rings. The summed E-state index contributed by atoms with van der Waals surface area (Å²) in [6, 6.07) is 8.42. The maximum Gasteiger partial charge on any atom is 0.252 e. The maximum atomic E-state index is 12.4. The second-order valence-electron chi connectivity index (χ2n) is 5.76. The number of aliphatic hydroxyl groups excluding tert-OH is 1. The zero-order valence-electron chi connectivity index (χ0n) is 12.6. The predicted molar refractivity (Wildman–Crippen MR) is 90.5 cm³/mol. The van der Waals surface area contributed by atoms with Gasteiger partial charge in [-0.3, -0.25) is 9.69 Å². The molecule has 0 spiro atoms. The summed E-state index contributed by atoms with van der Waals surface area (Å²) < 4.78 is 1.15. The van der Waals surface area contributed by atoms with Crippen molar-refractivity contribution in [1.82, 2.24) is 10.2 Å². The number of fused-ring (bicyclic) bond motifs is 1. The Balaban J connectivity index is 1.60. The highest BCUT2D eigenvalue weighted by Crippen LogP contribution is 2.25. The van der Waals surface area contributed by atoms with Gasteiger partial charge >= 0.3 is 0 Å². The van der Waals surface area contributed by atoms with Crippen LogP contribution in [0.1, 0.15) is 29.6 Å². The van der Waals surface area contributed by atoms with Gasteiger partial charge in [0.15, 0.2) is 0 Å². The SMILES string of the molecule is O=C(NCC1CCCN1CCCO)c1csc2ccccc12. The molecule has 1 aliphatic rings. The number of aliphatic hydroxyl groups is 1. The molecule has 5 heteroatoms. The van der Waals surface area contributed by atoms with Gasteiger partial charge in [0.1, 0.15) is 0 Å². The summed E-state index contributed by atoms with van der Waals surface area (Å²) in [5.41, 5.74) is 0.778. The first-order chi connectivity index (χ1) is 10.8. The first-order valence-corrected chi connectivity index (χ1v) is 8.77. The van der Waals surface area contributed by atoms with Gasteiger partial charge in [-0.15, -0.1) is 11.3 Å². The van der Waals surface area contributed by atoms with Crippen molar-refractivity contribution in [2.45, 2.75) is 25.3 Å². The Kier molecular flexibility index (Phi) is 5.08. The van der Waals surface area contributed by atoms with Crippen LogP contribution in [0.4, 0.5) is 0 Å². The van der Waals surface area contributed by atoms with Crippen molar-refractivity contribution in [3.63, 3.8) is 0 Å². The third-order valence-electron chi connectivity index (χ3n) is 4.33. The molecule has 22 heavy (non-hydrogen) atoms. The predicted octanol–water partition coefficient (Wildman–Crippen LogP) is 2.48. The number of carbonyl (C=O) groups is 1. The van der Waals surface area contributed by atoms with Gasteiger partial charge < -0.3 is 10.4 Å². The van der Waals surface area contributed by atoms with E-state index >= 15 is 0 Å². The molecular formula is C17H22N2O2S. The van der Waals surface area contributed by atoms with Crippen molar-refractivity contribution >= 4 is 27.3 Å². The number of thiophene rings is 1. The van der Waals surface area contributed by atoms with E-state index in [4.69, 9.17) is 5.11 Å². The van der Waals surface area contributed by atoms with Crippen LogP contribution in [0.5, 0.6) is 0 Å². The second kappa shape index (κ2) is 7.22. The lowest BCUT2D eigenvalue weighted by molar-refractivity contribution is 0.0941. The van der Waals surface area contributed by atoms with Crippen LogP contribution < -0.4 is 5.32 Å². The molecule has 2 heterocycles. The van der Waals surface area contributed by atoms with E-state index in [1.807, 2.05) is 29.6 Å². The number of benzene rings is 1. The summed E-state index contributed by atoms with van der Waals surface area (Å²) in [4.78, 5) is 14.8. The van der Waals surface area contributed by atoms with Gasteiger partial charge in [0.25, 0.3) is 5.91 Å². The minimum absolute atomic E-state index is 0.0199. The highest BCUT2D eigenvalue weighted by molar-refractivity contribution is 7.17. The van der Waals surface area contributed by atoms with Crippen molar-refractivity contribution in [2.75, 3.05) is 26.2 Å². The van der Waals surface area contributed by atoms with Crippen LogP contribution in [0.2, 0.25) is 0 Å². The number of amides is 1. The number of hydrogen-bond donors (Lipinski definition) is 2. The van der Waals surface area contributed by atoms with Gasteiger partial charge in [-0.1, -0.05) is 18.2 Å². The van der Waals surface area contributed by atoms with Crippen molar-refractivity contribution in [3.05, 3.63) is 35.2 Å². The molecule has 1 aromatic carbocycles. The number of likely N-dealkylation sites (tertiary alicyclic amines) is 1. The molecule has 1 saturated heterocycles. The zero-order chi connectivity index (χ0) is 15.4. The Morgan fingerprint density at radius 2 is 2.27 bits per heavy atom. The summed E-state index contributed by atoms with van der Waals surface area (Å²) in [7, 11) is 0. The number of carbonyl (C=O) groups excluding carboxylic acids is 1. The summed E-state index contributed by atoms with van der Waals surface area (Å²) in [5.74, 6) is 0.0199. The number of rotatable bonds is 6. The lowest BCUT2D eigenvalue weighted by Gasteiger charge is -2.24. The van der Waals surface area contributed by atoms with E-state index in [1.54, 1.807) is 11.3 Å². The van der Waals surface area contributed by atoms with E-state index in [0.717, 1.165) is 41.6 Å². The normalized spacial score (nSPS) is 18.9. The summed E-state index contributed by atoms with van der Waals surface area (Å²) in [6.07, 6.45) is 3.10. The fourth-order valence-electron chi connectivity index (χ4n) is 3.15. The quantitative estimate of drug-likeness (QED) is 0.860. The van der Waals surface area contributed by atoms with E-state index in [1.165, 1.54) is 6.42 Å². The highest BCUT2D eigenvalue weighted by atomic mass is 32.1. The Labute approximate surface area is 134 Å².